The fourth-order valence-corrected chi connectivity index (χ4v) is 7.21. The van der Waals surface area contributed by atoms with Crippen LogP contribution in [0.4, 0.5) is 5.69 Å². The molecule has 0 radical (unpaired) electrons. The van der Waals surface area contributed by atoms with Crippen molar-refractivity contribution in [3.63, 3.8) is 0 Å². The minimum atomic E-state index is -1.30. The summed E-state index contributed by atoms with van der Waals surface area (Å²) in [6, 6.07) is -2.11. The number of primary amides is 1. The van der Waals surface area contributed by atoms with E-state index < -0.39 is 62.3 Å². The lowest BCUT2D eigenvalue weighted by molar-refractivity contribution is -0.140. The molecule has 8 N–H and O–H groups in total. The number of nitrogens with two attached hydrogens (primary N) is 1. The Kier molecular flexibility index (Phi) is 13.2. The van der Waals surface area contributed by atoms with Crippen molar-refractivity contribution in [2.75, 3.05) is 31.7 Å². The molecule has 1 aromatic carbocycles. The van der Waals surface area contributed by atoms with E-state index in [0.29, 0.717) is 27.5 Å². The molecule has 1 aromatic rings. The first-order valence-corrected chi connectivity index (χ1v) is 12.9. The molecule has 3 amide bonds. The number of amides is 3. The zero-order valence-electron chi connectivity index (χ0n) is 17.6. The Bertz CT molecular complexity index is 865. The molecule has 14 heteroatoms. The largest absolute Gasteiger partial charge is 0.394 e. The van der Waals surface area contributed by atoms with Crippen LogP contribution in [0.25, 0.3) is 0 Å². The van der Waals surface area contributed by atoms with Crippen LogP contribution in [-0.4, -0.2) is 92.8 Å². The van der Waals surface area contributed by atoms with Crippen LogP contribution in [0.5, 0.6) is 0 Å². The fraction of sp³-hybridized carbons (Fsp3) is 0.526. The molecule has 0 saturated heterocycles. The second-order valence-corrected chi connectivity index (χ2v) is 10.3. The third-order valence-corrected chi connectivity index (χ3v) is 8.41. The number of rotatable bonds is 12. The Balaban J connectivity index is 3.63. The molecule has 0 aliphatic carbocycles. The first-order chi connectivity index (χ1) is 15.4. The highest BCUT2D eigenvalue weighted by Gasteiger charge is 2.32. The van der Waals surface area contributed by atoms with Gasteiger partial charge in [0.25, 0.3) is 5.91 Å². The summed E-state index contributed by atoms with van der Waals surface area (Å²) in [4.78, 5) is 38.1. The lowest BCUT2D eigenvalue weighted by atomic mass is 10.0. The van der Waals surface area contributed by atoms with Crippen molar-refractivity contribution >= 4 is 91.2 Å². The topological polar surface area (TPSA) is 194 Å². The number of nitrogens with zero attached hydrogens (tertiary/aromatic N) is 1. The van der Waals surface area contributed by atoms with Gasteiger partial charge in [0.15, 0.2) is 0 Å². The molecule has 186 valence electrons. The summed E-state index contributed by atoms with van der Waals surface area (Å²) in [6.45, 7) is -1.09. The number of carbonyl (C=O) groups is 3. The number of nitrogens with one attached hydrogen (secondary N) is 1. The van der Waals surface area contributed by atoms with E-state index in [-0.39, 0.29) is 12.8 Å². The number of carbonyl (C=O) groups excluding carboxylic acids is 3. The van der Waals surface area contributed by atoms with Crippen molar-refractivity contribution in [2.45, 2.75) is 38.0 Å². The maximum atomic E-state index is 13.2. The van der Waals surface area contributed by atoms with Gasteiger partial charge in [-0.25, -0.2) is 0 Å². The van der Waals surface area contributed by atoms with E-state index in [0.717, 1.165) is 4.90 Å². The van der Waals surface area contributed by atoms with Gasteiger partial charge in [-0.05, 0) is 85.8 Å². The first kappa shape index (κ1) is 30.7. The summed E-state index contributed by atoms with van der Waals surface area (Å²) in [5.74, 6) is -1.91. The van der Waals surface area contributed by atoms with Gasteiger partial charge in [0.05, 0.1) is 57.0 Å². The van der Waals surface area contributed by atoms with Gasteiger partial charge in [-0.1, -0.05) is 0 Å². The van der Waals surface area contributed by atoms with Gasteiger partial charge in [0, 0.05) is 10.7 Å². The molecule has 0 saturated carbocycles. The molecule has 0 bridgehead atoms. The quantitative estimate of drug-likeness (QED) is 0.130. The second kappa shape index (κ2) is 14.2. The van der Waals surface area contributed by atoms with Crippen molar-refractivity contribution in [1.82, 2.24) is 4.90 Å². The third-order valence-electron chi connectivity index (χ3n) is 4.72. The number of hydrogen-bond acceptors (Lipinski definition) is 8. The van der Waals surface area contributed by atoms with E-state index in [2.05, 4.69) is 5.32 Å². The van der Waals surface area contributed by atoms with Crippen LogP contribution in [0.15, 0.2) is 0 Å². The highest BCUT2D eigenvalue weighted by molar-refractivity contribution is 14.1. The Morgan fingerprint density at radius 1 is 0.879 bits per heavy atom. The van der Waals surface area contributed by atoms with Crippen LogP contribution in [0.3, 0.4) is 0 Å². The third kappa shape index (κ3) is 7.80. The standard InChI is InChI=1S/C19H26I3N3O8/c1-8(30)19(33)24-18-16(21)11(2-13(23)31)15(20)12(17(18)22)3-14(32)25(9(4-26)5-27)10(6-28)7-29/h8-10,26-30H,2-7H2,1H3,(H2,23,31)(H,24,33)/t8-/m0/s1. The molecule has 0 heterocycles. The maximum Gasteiger partial charge on any atom is 0.252 e. The van der Waals surface area contributed by atoms with E-state index >= 15 is 0 Å². The summed E-state index contributed by atoms with van der Waals surface area (Å²) >= 11 is 5.86. The number of aliphatic hydroxyl groups excluding tert-OH is 5. The van der Waals surface area contributed by atoms with E-state index in [9.17, 15) is 39.9 Å². The Morgan fingerprint density at radius 2 is 1.30 bits per heavy atom. The van der Waals surface area contributed by atoms with Gasteiger partial charge in [-0.15, -0.1) is 0 Å². The van der Waals surface area contributed by atoms with Gasteiger partial charge in [-0.2, -0.15) is 0 Å². The lowest BCUT2D eigenvalue weighted by Gasteiger charge is -2.35. The SMILES string of the molecule is C[C@H](O)C(=O)Nc1c(I)c(CC(N)=O)c(I)c(CC(=O)N(C(CO)CO)C(CO)CO)c1I. The van der Waals surface area contributed by atoms with Crippen LogP contribution in [0.1, 0.15) is 18.1 Å². The van der Waals surface area contributed by atoms with E-state index in [1.165, 1.54) is 6.92 Å². The lowest BCUT2D eigenvalue weighted by Crippen LogP contribution is -2.54. The summed E-state index contributed by atoms with van der Waals surface area (Å²) in [5, 5.41) is 50.6. The van der Waals surface area contributed by atoms with Crippen LogP contribution in [0.2, 0.25) is 0 Å². The molecular formula is C19H26I3N3O8. The summed E-state index contributed by atoms with van der Waals surface area (Å²) in [6.07, 6.45) is -1.76. The van der Waals surface area contributed by atoms with E-state index in [4.69, 9.17) is 5.73 Å². The average molecular weight is 805 g/mol. The molecule has 0 aliphatic rings. The number of benzene rings is 1. The Hall–Kier alpha value is -0.380. The minimum Gasteiger partial charge on any atom is -0.394 e. The number of halogens is 3. The van der Waals surface area contributed by atoms with Crippen molar-refractivity contribution in [3.8, 4) is 0 Å². The number of aliphatic hydroxyl groups is 5. The van der Waals surface area contributed by atoms with Gasteiger partial charge in [-0.3, -0.25) is 14.4 Å². The molecule has 0 aliphatic heterocycles. The highest BCUT2D eigenvalue weighted by Crippen LogP contribution is 2.36. The molecule has 0 spiro atoms. The van der Waals surface area contributed by atoms with Crippen molar-refractivity contribution in [2.24, 2.45) is 5.73 Å². The van der Waals surface area contributed by atoms with Crippen LogP contribution in [-0.2, 0) is 27.2 Å². The Labute approximate surface area is 231 Å². The van der Waals surface area contributed by atoms with E-state index in [1.54, 1.807) is 0 Å². The molecule has 11 nitrogen and oxygen atoms in total. The molecule has 0 aromatic heterocycles. The second-order valence-electron chi connectivity index (χ2n) is 7.10. The van der Waals surface area contributed by atoms with Crippen molar-refractivity contribution in [1.29, 1.82) is 0 Å². The minimum absolute atomic E-state index is 0.165. The number of anilines is 1. The molecular weight excluding hydrogens is 779 g/mol. The van der Waals surface area contributed by atoms with Gasteiger partial charge in [0.2, 0.25) is 11.8 Å². The smallest absolute Gasteiger partial charge is 0.252 e. The fourth-order valence-electron chi connectivity index (χ4n) is 3.01. The van der Waals surface area contributed by atoms with Crippen LogP contribution >= 0.6 is 67.8 Å². The Morgan fingerprint density at radius 3 is 1.67 bits per heavy atom. The van der Waals surface area contributed by atoms with Gasteiger partial charge < -0.3 is 41.5 Å². The number of hydrogen-bond donors (Lipinski definition) is 7. The summed E-state index contributed by atoms with van der Waals surface area (Å²) < 4.78 is 1.55. The molecule has 0 unspecified atom stereocenters. The zero-order chi connectivity index (χ0) is 25.5. The summed E-state index contributed by atoms with van der Waals surface area (Å²) in [5.41, 5.74) is 6.62. The predicted molar refractivity (Wildman–Crippen MR) is 144 cm³/mol. The monoisotopic (exact) mass is 805 g/mol. The van der Waals surface area contributed by atoms with Crippen molar-refractivity contribution in [3.05, 3.63) is 21.8 Å². The maximum absolute atomic E-state index is 13.2. The van der Waals surface area contributed by atoms with Crippen molar-refractivity contribution < 1.29 is 39.9 Å². The molecule has 33 heavy (non-hydrogen) atoms. The zero-order valence-corrected chi connectivity index (χ0v) is 24.1. The van der Waals surface area contributed by atoms with Crippen LogP contribution in [0, 0.1) is 10.7 Å². The highest BCUT2D eigenvalue weighted by atomic mass is 127. The van der Waals surface area contributed by atoms with Gasteiger partial charge in [0.1, 0.15) is 6.10 Å². The van der Waals surface area contributed by atoms with Crippen LogP contribution < -0.4 is 11.1 Å². The predicted octanol–water partition coefficient (Wildman–Crippen LogP) is -1.07. The van der Waals surface area contributed by atoms with E-state index in [1.807, 2.05) is 67.8 Å². The first-order valence-electron chi connectivity index (χ1n) is 9.64. The molecule has 1 rings (SSSR count). The average Bonchev–Trinajstić information content (AvgIpc) is 2.77. The molecule has 0 fully saturated rings. The summed E-state index contributed by atoms with van der Waals surface area (Å²) in [7, 11) is 0. The molecule has 1 atom stereocenters. The normalized spacial score (nSPS) is 12.2. The van der Waals surface area contributed by atoms with Gasteiger partial charge >= 0.3 is 0 Å².